The fourth-order valence-corrected chi connectivity index (χ4v) is 2.40. The molecular formula is C6H14Cl2OSSi. The monoisotopic (exact) mass is 232 g/mol. The predicted octanol–water partition coefficient (Wildman–Crippen LogP) is 2.37. The van der Waals surface area contributed by atoms with E-state index in [1.165, 1.54) is 25.3 Å². The zero-order chi connectivity index (χ0) is 8.53. The zero-order valence-electron chi connectivity index (χ0n) is 6.43. The Morgan fingerprint density at radius 2 is 2.00 bits per heavy atom. The van der Waals surface area contributed by atoms with E-state index in [0.29, 0.717) is 0 Å². The van der Waals surface area contributed by atoms with Crippen LogP contribution in [0, 0.1) is 0 Å². The highest BCUT2D eigenvalue weighted by molar-refractivity contribution is 7.80. The number of rotatable bonds is 7. The first-order chi connectivity index (χ1) is 5.27. The molecule has 0 radical (unpaired) electrons. The molecule has 5 heteroatoms. The topological polar surface area (TPSA) is 9.23 Å². The lowest BCUT2D eigenvalue weighted by atomic mass is 10.3. The second kappa shape index (κ2) is 9.20. The summed E-state index contributed by atoms with van der Waals surface area (Å²) >= 11 is 14.9. The summed E-state index contributed by atoms with van der Waals surface area (Å²) in [5.74, 6) is 0.982. The summed E-state index contributed by atoms with van der Waals surface area (Å²) in [4.78, 5) is 0. The highest BCUT2D eigenvalue weighted by atomic mass is 35.5. The third-order valence-electron chi connectivity index (χ3n) is 1.30. The van der Waals surface area contributed by atoms with Crippen LogP contribution in [0.4, 0.5) is 0 Å². The maximum atomic E-state index is 5.38. The van der Waals surface area contributed by atoms with Gasteiger partial charge in [0.25, 0.3) is 0 Å². The normalized spacial score (nSPS) is 12.0. The maximum absolute atomic E-state index is 5.38. The Morgan fingerprint density at radius 1 is 1.27 bits per heavy atom. The fourth-order valence-electron chi connectivity index (χ4n) is 0.740. The molecule has 0 saturated heterocycles. The lowest BCUT2D eigenvalue weighted by molar-refractivity contribution is 0.374. The lowest BCUT2D eigenvalue weighted by Gasteiger charge is -2.02. The second-order valence-electron chi connectivity index (χ2n) is 2.27. The molecule has 0 aliphatic rings. The molecule has 0 unspecified atom stereocenters. The van der Waals surface area contributed by atoms with Crippen LogP contribution in [-0.4, -0.2) is 20.5 Å². The number of alkyl halides is 2. The first-order valence-corrected chi connectivity index (χ1v) is 6.86. The number of unbranched alkanes of at least 4 members (excludes halogenated alkanes) is 2. The standard InChI is InChI=1S/C6H14Cl2OSSi/c7-6(8)9-11-5-3-1-2-4-10/h6,10H,1-5,11H2. The van der Waals surface area contributed by atoms with Crippen LogP contribution in [-0.2, 0) is 4.43 Å². The van der Waals surface area contributed by atoms with Gasteiger partial charge in [0.15, 0.2) is 14.8 Å². The molecule has 0 aromatic heterocycles. The van der Waals surface area contributed by atoms with Gasteiger partial charge in [-0.25, -0.2) is 0 Å². The van der Waals surface area contributed by atoms with Crippen molar-refractivity contribution in [3.8, 4) is 0 Å². The molecule has 0 N–H and O–H groups in total. The van der Waals surface area contributed by atoms with Gasteiger partial charge < -0.3 is 4.43 Å². The molecule has 11 heavy (non-hydrogen) atoms. The van der Waals surface area contributed by atoms with Gasteiger partial charge in [0.1, 0.15) is 0 Å². The molecule has 1 nitrogen and oxygen atoms in total. The average Bonchev–Trinajstić information content (AvgIpc) is 1.96. The third kappa shape index (κ3) is 11.1. The molecule has 0 amide bonds. The number of thiol groups is 1. The van der Waals surface area contributed by atoms with E-state index >= 15 is 0 Å². The van der Waals surface area contributed by atoms with Gasteiger partial charge in [-0.2, -0.15) is 12.6 Å². The van der Waals surface area contributed by atoms with E-state index in [1.807, 2.05) is 0 Å². The first-order valence-electron chi connectivity index (χ1n) is 3.78. The molecular weight excluding hydrogens is 219 g/mol. The van der Waals surface area contributed by atoms with E-state index in [2.05, 4.69) is 12.6 Å². The molecule has 0 rings (SSSR count). The Hall–Kier alpha value is 1.11. The average molecular weight is 233 g/mol. The number of hydrogen-bond donors (Lipinski definition) is 1. The largest absolute Gasteiger partial charge is 0.397 e. The molecule has 0 aliphatic carbocycles. The van der Waals surface area contributed by atoms with Crippen molar-refractivity contribution >= 4 is 45.6 Å². The van der Waals surface area contributed by atoms with Crippen LogP contribution < -0.4 is 0 Å². The highest BCUT2D eigenvalue weighted by Crippen LogP contribution is 2.05. The van der Waals surface area contributed by atoms with Gasteiger partial charge in [0.2, 0.25) is 0 Å². The molecule has 0 bridgehead atoms. The molecule has 0 aromatic carbocycles. The second-order valence-corrected chi connectivity index (χ2v) is 5.18. The van der Waals surface area contributed by atoms with E-state index < -0.39 is 14.8 Å². The summed E-state index contributed by atoms with van der Waals surface area (Å²) in [5.41, 5.74) is 0. The van der Waals surface area contributed by atoms with Crippen LogP contribution in [0.2, 0.25) is 6.04 Å². The van der Waals surface area contributed by atoms with Crippen molar-refractivity contribution < 1.29 is 4.43 Å². The summed E-state index contributed by atoms with van der Waals surface area (Å²) in [6, 6.07) is 1.17. The van der Waals surface area contributed by atoms with Crippen LogP contribution in [0.15, 0.2) is 0 Å². The quantitative estimate of drug-likeness (QED) is 0.307. The van der Waals surface area contributed by atoms with Crippen LogP contribution in [0.1, 0.15) is 19.3 Å². The van der Waals surface area contributed by atoms with Crippen LogP contribution in [0.25, 0.3) is 0 Å². The molecule has 0 spiro atoms. The van der Waals surface area contributed by atoms with Crippen LogP contribution >= 0.6 is 35.8 Å². The minimum Gasteiger partial charge on any atom is -0.397 e. The molecule has 0 atom stereocenters. The van der Waals surface area contributed by atoms with Gasteiger partial charge >= 0.3 is 0 Å². The van der Waals surface area contributed by atoms with Crippen molar-refractivity contribution in [3.63, 3.8) is 0 Å². The van der Waals surface area contributed by atoms with Crippen molar-refractivity contribution in [2.75, 3.05) is 5.75 Å². The Morgan fingerprint density at radius 3 is 2.55 bits per heavy atom. The van der Waals surface area contributed by atoms with Crippen molar-refractivity contribution in [2.45, 2.75) is 30.3 Å². The Labute approximate surface area is 86.1 Å². The molecule has 0 aliphatic heterocycles. The van der Waals surface area contributed by atoms with Gasteiger partial charge in [0, 0.05) is 0 Å². The first kappa shape index (κ1) is 12.1. The SMILES string of the molecule is SCCCCC[SiH2]OC(Cl)Cl. The summed E-state index contributed by atoms with van der Waals surface area (Å²) in [5, 5.41) is -0.605. The maximum Gasteiger partial charge on any atom is 0.197 e. The highest BCUT2D eigenvalue weighted by Gasteiger charge is 1.96. The van der Waals surface area contributed by atoms with Crippen molar-refractivity contribution in [1.29, 1.82) is 0 Å². The van der Waals surface area contributed by atoms with Crippen LogP contribution in [0.5, 0.6) is 0 Å². The Bertz CT molecular complexity index is 85.0. The van der Waals surface area contributed by atoms with E-state index in [0.717, 1.165) is 5.75 Å². The van der Waals surface area contributed by atoms with E-state index in [-0.39, 0.29) is 0 Å². The fraction of sp³-hybridized carbons (Fsp3) is 1.00. The lowest BCUT2D eigenvalue weighted by Crippen LogP contribution is -2.01. The van der Waals surface area contributed by atoms with E-state index in [4.69, 9.17) is 27.6 Å². The summed E-state index contributed by atoms with van der Waals surface area (Å²) in [6.45, 7) is 0. The van der Waals surface area contributed by atoms with Gasteiger partial charge in [-0.3, -0.25) is 0 Å². The smallest absolute Gasteiger partial charge is 0.197 e. The molecule has 0 heterocycles. The van der Waals surface area contributed by atoms with Gasteiger partial charge in [-0.1, -0.05) is 36.0 Å². The minimum absolute atomic E-state index is 0.453. The summed E-state index contributed by atoms with van der Waals surface area (Å²) < 4.78 is 5.07. The number of halogens is 2. The Kier molecular flexibility index (Phi) is 10.1. The van der Waals surface area contributed by atoms with E-state index in [9.17, 15) is 0 Å². The minimum atomic E-state index is -0.605. The van der Waals surface area contributed by atoms with Gasteiger partial charge in [0.05, 0.1) is 0 Å². The van der Waals surface area contributed by atoms with Crippen molar-refractivity contribution in [3.05, 3.63) is 0 Å². The zero-order valence-corrected chi connectivity index (χ0v) is 10.3. The Balaban J connectivity index is 2.80. The van der Waals surface area contributed by atoms with Crippen molar-refractivity contribution in [2.24, 2.45) is 0 Å². The van der Waals surface area contributed by atoms with Gasteiger partial charge in [-0.05, 0) is 18.2 Å². The van der Waals surface area contributed by atoms with Crippen LogP contribution in [0.3, 0.4) is 0 Å². The predicted molar refractivity (Wildman–Crippen MR) is 57.6 cm³/mol. The molecule has 0 aromatic rings. The summed E-state index contributed by atoms with van der Waals surface area (Å²) in [6.07, 6.45) is 3.67. The van der Waals surface area contributed by atoms with Crippen molar-refractivity contribution in [1.82, 2.24) is 0 Å². The summed E-state index contributed by atoms with van der Waals surface area (Å²) in [7, 11) is -0.453. The third-order valence-corrected chi connectivity index (χ3v) is 3.64. The van der Waals surface area contributed by atoms with Gasteiger partial charge in [-0.15, -0.1) is 0 Å². The molecule has 68 valence electrons. The molecule has 0 saturated carbocycles. The molecule has 0 fully saturated rings. The number of hydrogen-bond acceptors (Lipinski definition) is 2. The van der Waals surface area contributed by atoms with E-state index in [1.54, 1.807) is 0 Å².